The molecule has 2 atom stereocenters. The average molecular weight is 660 g/mol. The van der Waals surface area contributed by atoms with Gasteiger partial charge in [-0.25, -0.2) is 4.98 Å². The van der Waals surface area contributed by atoms with Crippen LogP contribution in [0.15, 0.2) is 18.3 Å². The van der Waals surface area contributed by atoms with E-state index in [4.69, 9.17) is 15.1 Å². The molecule has 7 rings (SSSR count). The van der Waals surface area contributed by atoms with Gasteiger partial charge in [-0.05, 0) is 50.2 Å². The SMILES string of the molecule is CC[C@@H]1C(=O)N(C)c2cnc(NC(=N)c3ccc(C(=O)NC[C@H](O)CN4CCN(CC5CC5)CC4)c4c3OCC4)nc2N1C1CCCC1. The minimum absolute atomic E-state index is 0.0535. The maximum absolute atomic E-state index is 13.3. The molecule has 1 saturated heterocycles. The van der Waals surface area contributed by atoms with Crippen LogP contribution in [0.25, 0.3) is 0 Å². The lowest BCUT2D eigenvalue weighted by Crippen LogP contribution is -2.55. The van der Waals surface area contributed by atoms with Crippen LogP contribution < -0.4 is 25.2 Å². The number of carbonyl (C=O) groups is 2. The number of nitrogens with zero attached hydrogens (tertiary/aromatic N) is 6. The van der Waals surface area contributed by atoms with Crippen molar-refractivity contribution in [3.8, 4) is 5.75 Å². The van der Waals surface area contributed by atoms with Crippen molar-refractivity contribution in [3.05, 3.63) is 35.0 Å². The molecule has 2 aliphatic carbocycles. The van der Waals surface area contributed by atoms with E-state index in [0.717, 1.165) is 63.3 Å². The molecule has 1 aromatic carbocycles. The topological polar surface area (TPSA) is 150 Å². The minimum Gasteiger partial charge on any atom is -0.492 e. The second kappa shape index (κ2) is 14.0. The van der Waals surface area contributed by atoms with Gasteiger partial charge in [0.05, 0.1) is 24.5 Å². The van der Waals surface area contributed by atoms with Gasteiger partial charge in [0, 0.05) is 76.5 Å². The van der Waals surface area contributed by atoms with Crippen LogP contribution in [0, 0.1) is 11.3 Å². The van der Waals surface area contributed by atoms with Crippen molar-refractivity contribution in [2.75, 3.05) is 74.6 Å². The molecular formula is C35H49N9O4. The number of ether oxygens (including phenoxy) is 1. The first-order chi connectivity index (χ1) is 23.3. The van der Waals surface area contributed by atoms with Gasteiger partial charge in [0.1, 0.15) is 23.3 Å². The van der Waals surface area contributed by atoms with Crippen molar-refractivity contribution in [3.63, 3.8) is 0 Å². The van der Waals surface area contributed by atoms with Crippen molar-refractivity contribution in [2.24, 2.45) is 5.92 Å². The molecule has 48 heavy (non-hydrogen) atoms. The molecule has 1 aromatic heterocycles. The van der Waals surface area contributed by atoms with Gasteiger partial charge in [-0.2, -0.15) is 4.98 Å². The summed E-state index contributed by atoms with van der Waals surface area (Å²) in [7, 11) is 1.77. The number of rotatable bonds is 11. The molecule has 258 valence electrons. The fourth-order valence-electron chi connectivity index (χ4n) is 7.82. The average Bonchev–Trinajstić information content (AvgIpc) is 3.50. The lowest BCUT2D eigenvalue weighted by molar-refractivity contribution is -0.120. The number of amides is 2. The number of nitrogens with one attached hydrogen (secondary N) is 3. The number of aromatic nitrogens is 2. The van der Waals surface area contributed by atoms with E-state index in [0.29, 0.717) is 54.4 Å². The third-order valence-corrected chi connectivity index (χ3v) is 10.7. The number of carbonyl (C=O) groups excluding carboxylic acids is 2. The standard InChI is InChI=1S/C35H49N9O4/c1-3-28-34(47)41(2)29-19-38-35(40-32(29)44(28)23-6-4-5-7-23)39-31(36)27-11-10-26(25-12-17-48-30(25)27)33(46)37-18-24(45)21-43-15-13-42(14-16-43)20-22-8-9-22/h10-11,19,22-24,28,45H,3-9,12-18,20-21H2,1-2H3,(H,37,46)(H2,36,38,39,40)/t24-,28+/m0/s1. The van der Waals surface area contributed by atoms with Crippen molar-refractivity contribution < 1.29 is 19.4 Å². The number of likely N-dealkylation sites (N-methyl/N-ethyl adjacent to an activating group) is 1. The summed E-state index contributed by atoms with van der Waals surface area (Å²) in [6.45, 7) is 8.31. The van der Waals surface area contributed by atoms with Crippen LogP contribution in [0.3, 0.4) is 0 Å². The third-order valence-electron chi connectivity index (χ3n) is 10.7. The van der Waals surface area contributed by atoms with Crippen molar-refractivity contribution in [2.45, 2.75) is 76.5 Å². The van der Waals surface area contributed by atoms with Gasteiger partial charge in [0.2, 0.25) is 11.9 Å². The second-order valence-corrected chi connectivity index (χ2v) is 14.0. The van der Waals surface area contributed by atoms with E-state index in [1.807, 2.05) is 6.92 Å². The van der Waals surface area contributed by atoms with Gasteiger partial charge in [-0.15, -0.1) is 0 Å². The molecule has 3 fully saturated rings. The molecule has 5 aliphatic rings. The van der Waals surface area contributed by atoms with Gasteiger partial charge < -0.3 is 35.2 Å². The van der Waals surface area contributed by atoms with Gasteiger partial charge in [-0.3, -0.25) is 19.9 Å². The minimum atomic E-state index is -0.656. The fraction of sp³-hybridized carbons (Fsp3) is 0.629. The number of anilines is 3. The molecular weight excluding hydrogens is 610 g/mol. The van der Waals surface area contributed by atoms with E-state index in [9.17, 15) is 14.7 Å². The van der Waals surface area contributed by atoms with Crippen LogP contribution in [0.5, 0.6) is 5.75 Å². The highest BCUT2D eigenvalue weighted by molar-refractivity contribution is 6.09. The summed E-state index contributed by atoms with van der Waals surface area (Å²) in [5.74, 6) is 2.24. The molecule has 0 bridgehead atoms. The Morgan fingerprint density at radius 1 is 1.10 bits per heavy atom. The zero-order chi connectivity index (χ0) is 33.4. The number of β-amino-alcohol motifs (C(OH)–C–C–N with tert-alkyl or cyclic N) is 1. The first-order valence-corrected chi connectivity index (χ1v) is 17.8. The van der Waals surface area contributed by atoms with Crippen LogP contribution in [0.1, 0.15) is 73.4 Å². The molecule has 3 aliphatic heterocycles. The van der Waals surface area contributed by atoms with E-state index >= 15 is 0 Å². The maximum atomic E-state index is 13.3. The normalized spacial score (nSPS) is 22.3. The first kappa shape index (κ1) is 32.7. The Balaban J connectivity index is 0.998. The summed E-state index contributed by atoms with van der Waals surface area (Å²) in [4.78, 5) is 44.5. The molecule has 0 radical (unpaired) electrons. The van der Waals surface area contributed by atoms with Gasteiger partial charge >= 0.3 is 0 Å². The molecule has 0 unspecified atom stereocenters. The largest absolute Gasteiger partial charge is 0.492 e. The van der Waals surface area contributed by atoms with E-state index in [1.54, 1.807) is 30.3 Å². The Kier molecular flexibility index (Phi) is 9.52. The molecule has 13 heteroatoms. The van der Waals surface area contributed by atoms with Crippen LogP contribution >= 0.6 is 0 Å². The number of hydrogen-bond donors (Lipinski definition) is 4. The zero-order valence-electron chi connectivity index (χ0n) is 28.2. The van der Waals surface area contributed by atoms with E-state index in [2.05, 4.69) is 30.3 Å². The number of amidine groups is 1. The Bertz CT molecular complexity index is 1530. The van der Waals surface area contributed by atoms with Crippen LogP contribution in [-0.4, -0.2) is 120 Å². The molecule has 2 aromatic rings. The number of fused-ring (bicyclic) bond motifs is 2. The van der Waals surface area contributed by atoms with Crippen molar-refractivity contribution in [1.82, 2.24) is 25.1 Å². The summed E-state index contributed by atoms with van der Waals surface area (Å²) >= 11 is 0. The molecule has 2 saturated carbocycles. The second-order valence-electron chi connectivity index (χ2n) is 14.0. The summed E-state index contributed by atoms with van der Waals surface area (Å²) < 4.78 is 5.96. The molecule has 4 N–H and O–H groups in total. The Hall–Kier alpha value is -3.81. The van der Waals surface area contributed by atoms with E-state index < -0.39 is 6.10 Å². The Morgan fingerprint density at radius 3 is 2.56 bits per heavy atom. The number of aliphatic hydroxyl groups is 1. The monoisotopic (exact) mass is 659 g/mol. The van der Waals surface area contributed by atoms with Crippen LogP contribution in [-0.2, 0) is 11.2 Å². The maximum Gasteiger partial charge on any atom is 0.251 e. The predicted octanol–water partition coefficient (Wildman–Crippen LogP) is 2.47. The first-order valence-electron chi connectivity index (χ1n) is 17.8. The van der Waals surface area contributed by atoms with Gasteiger partial charge in [0.25, 0.3) is 5.91 Å². The summed E-state index contributed by atoms with van der Waals surface area (Å²) in [6, 6.07) is 3.41. The quantitative estimate of drug-likeness (QED) is 0.209. The molecule has 2 amide bonds. The summed E-state index contributed by atoms with van der Waals surface area (Å²) in [6.07, 6.45) is 9.27. The Morgan fingerprint density at radius 2 is 1.83 bits per heavy atom. The van der Waals surface area contributed by atoms with Gasteiger partial charge in [-0.1, -0.05) is 19.8 Å². The number of piperazine rings is 1. The third kappa shape index (κ3) is 6.72. The Labute approximate surface area is 282 Å². The number of hydrogen-bond acceptors (Lipinski definition) is 10. The molecule has 13 nitrogen and oxygen atoms in total. The highest BCUT2D eigenvalue weighted by Gasteiger charge is 2.41. The zero-order valence-corrected chi connectivity index (χ0v) is 28.2. The number of benzene rings is 1. The van der Waals surface area contributed by atoms with Crippen molar-refractivity contribution in [1.29, 1.82) is 5.41 Å². The predicted molar refractivity (Wildman–Crippen MR) is 184 cm³/mol. The van der Waals surface area contributed by atoms with Crippen LogP contribution in [0.2, 0.25) is 0 Å². The van der Waals surface area contributed by atoms with Gasteiger partial charge in [0.15, 0.2) is 5.82 Å². The van der Waals surface area contributed by atoms with Crippen molar-refractivity contribution >= 4 is 35.1 Å². The fourth-order valence-corrected chi connectivity index (χ4v) is 7.82. The summed E-state index contributed by atoms with van der Waals surface area (Å²) in [5, 5.41) is 25.6. The highest BCUT2D eigenvalue weighted by Crippen LogP contribution is 2.40. The molecule has 4 heterocycles. The smallest absolute Gasteiger partial charge is 0.251 e. The lowest BCUT2D eigenvalue weighted by atomic mass is 10.00. The highest BCUT2D eigenvalue weighted by atomic mass is 16.5. The van der Waals surface area contributed by atoms with E-state index in [-0.39, 0.29) is 42.2 Å². The lowest BCUT2D eigenvalue weighted by Gasteiger charge is -2.43. The van der Waals surface area contributed by atoms with Crippen LogP contribution in [0.4, 0.5) is 17.5 Å². The molecule has 0 spiro atoms. The summed E-state index contributed by atoms with van der Waals surface area (Å²) in [5.41, 5.74) is 2.44. The number of aliphatic hydroxyl groups excluding tert-OH is 1. The van der Waals surface area contributed by atoms with E-state index in [1.165, 1.54) is 19.4 Å².